The van der Waals surface area contributed by atoms with Gasteiger partial charge in [-0.05, 0) is 54.9 Å². The normalized spacial score (nSPS) is 20.4. The molecule has 2 aliphatic carbocycles. The molecule has 6 heteroatoms. The second kappa shape index (κ2) is 6.32. The second-order valence-electron chi connectivity index (χ2n) is 7.63. The Hall–Kier alpha value is -0.980. The Morgan fingerprint density at radius 1 is 1.28 bits per heavy atom. The lowest BCUT2D eigenvalue weighted by Gasteiger charge is -2.16. The molecular formula is C19H23BrN2O2S. The fourth-order valence-electron chi connectivity index (χ4n) is 3.56. The van der Waals surface area contributed by atoms with E-state index in [2.05, 4.69) is 31.7 Å². The third-order valence-corrected chi connectivity index (χ3v) is 7.57. The topological polar surface area (TPSA) is 59.1 Å². The molecule has 1 N–H and O–H groups in total. The summed E-state index contributed by atoms with van der Waals surface area (Å²) in [7, 11) is -3.55. The third-order valence-electron chi connectivity index (χ3n) is 5.07. The van der Waals surface area contributed by atoms with Gasteiger partial charge in [0.1, 0.15) is 0 Å². The van der Waals surface area contributed by atoms with Gasteiger partial charge < -0.3 is 0 Å². The minimum absolute atomic E-state index is 0.217. The number of sulfonamides is 1. The van der Waals surface area contributed by atoms with Gasteiger partial charge in [0, 0.05) is 40.0 Å². The van der Waals surface area contributed by atoms with Gasteiger partial charge in [-0.3, -0.25) is 4.98 Å². The van der Waals surface area contributed by atoms with Gasteiger partial charge in [-0.15, -0.1) is 0 Å². The van der Waals surface area contributed by atoms with Crippen LogP contribution in [-0.4, -0.2) is 19.9 Å². The number of nitrogens with zero attached hydrogens (tertiary/aromatic N) is 1. The molecule has 1 fully saturated rings. The smallest absolute Gasteiger partial charge is 0.241 e. The minimum Gasteiger partial charge on any atom is -0.260 e. The number of alkyl halides is 1. The first kappa shape index (κ1) is 17.4. The summed E-state index contributed by atoms with van der Waals surface area (Å²) in [4.78, 5) is 5.28. The quantitative estimate of drug-likeness (QED) is 0.724. The highest BCUT2D eigenvalue weighted by Gasteiger charge is 2.32. The second-order valence-corrected chi connectivity index (χ2v) is 10.4. The Morgan fingerprint density at radius 3 is 2.72 bits per heavy atom. The molecule has 0 saturated heterocycles. The molecule has 0 radical (unpaired) electrons. The lowest BCUT2D eigenvalue weighted by molar-refractivity contribution is 0.560. The van der Waals surface area contributed by atoms with Crippen LogP contribution in [0.2, 0.25) is 0 Å². The number of rotatable bonds is 5. The summed E-state index contributed by atoms with van der Waals surface area (Å²) in [5.74, 6) is 0.770. The summed E-state index contributed by atoms with van der Waals surface area (Å²) < 4.78 is 29.1. The molecule has 4 nitrogen and oxygen atoms in total. The minimum atomic E-state index is -3.55. The maximum Gasteiger partial charge on any atom is 0.241 e. The molecular weight excluding hydrogens is 400 g/mol. The van der Waals surface area contributed by atoms with Gasteiger partial charge in [-0.25, -0.2) is 13.1 Å². The van der Waals surface area contributed by atoms with Gasteiger partial charge in [-0.2, -0.15) is 0 Å². The van der Waals surface area contributed by atoms with Crippen LogP contribution in [0.1, 0.15) is 60.7 Å². The molecule has 0 bridgehead atoms. The van der Waals surface area contributed by atoms with Crippen LogP contribution >= 0.6 is 15.9 Å². The summed E-state index contributed by atoms with van der Waals surface area (Å²) in [6.45, 7) is 4.48. The molecule has 1 atom stereocenters. The van der Waals surface area contributed by atoms with Crippen molar-refractivity contribution in [1.82, 2.24) is 9.71 Å². The van der Waals surface area contributed by atoms with Crippen LogP contribution in [0.4, 0.5) is 0 Å². The van der Waals surface area contributed by atoms with Crippen molar-refractivity contribution >= 4 is 36.7 Å². The molecule has 25 heavy (non-hydrogen) atoms. The van der Waals surface area contributed by atoms with Crippen molar-refractivity contribution in [2.24, 2.45) is 5.92 Å². The maximum atomic E-state index is 13.2. The molecule has 134 valence electrons. The van der Waals surface area contributed by atoms with Crippen LogP contribution < -0.4 is 4.72 Å². The van der Waals surface area contributed by atoms with Crippen molar-refractivity contribution < 1.29 is 8.42 Å². The number of pyridine rings is 1. The van der Waals surface area contributed by atoms with E-state index in [-0.39, 0.29) is 10.7 Å². The Balaban J connectivity index is 1.94. The highest BCUT2D eigenvalue weighted by atomic mass is 79.9. The highest BCUT2D eigenvalue weighted by molar-refractivity contribution is 9.09. The van der Waals surface area contributed by atoms with Gasteiger partial charge >= 0.3 is 0 Å². The van der Waals surface area contributed by atoms with Crippen LogP contribution in [-0.2, 0) is 16.4 Å². The average Bonchev–Trinajstić information content (AvgIpc) is 3.35. The van der Waals surface area contributed by atoms with Gasteiger partial charge in [-0.1, -0.05) is 29.8 Å². The van der Waals surface area contributed by atoms with E-state index in [1.165, 1.54) is 0 Å². The standard InChI is InChI=1S/C19H23BrN2O2S/c1-11(2)9-22-25(23,24)19-14-5-6-17(20)16(14)7-13-10-21-18(8-15(13)19)12-3-4-12/h7-8,10-12,17,22H,3-6,9H2,1-2H3. The first-order valence-corrected chi connectivity index (χ1v) is 11.4. The van der Waals surface area contributed by atoms with Crippen LogP contribution in [0.25, 0.3) is 10.8 Å². The predicted octanol–water partition coefficient (Wildman–Crippen LogP) is 4.43. The zero-order valence-corrected chi connectivity index (χ0v) is 17.0. The number of benzene rings is 1. The molecule has 2 aromatic rings. The number of aromatic nitrogens is 1. The Morgan fingerprint density at radius 2 is 2.04 bits per heavy atom. The summed E-state index contributed by atoms with van der Waals surface area (Å²) in [6.07, 6.45) is 5.88. The Labute approximate surface area is 157 Å². The molecule has 1 aromatic carbocycles. The molecule has 1 unspecified atom stereocenters. The molecule has 1 heterocycles. The number of halogens is 1. The van der Waals surface area contributed by atoms with Gasteiger partial charge in [0.2, 0.25) is 10.0 Å². The van der Waals surface area contributed by atoms with E-state index in [4.69, 9.17) is 0 Å². The zero-order chi connectivity index (χ0) is 17.8. The predicted molar refractivity (Wildman–Crippen MR) is 104 cm³/mol. The van der Waals surface area contributed by atoms with E-state index >= 15 is 0 Å². The first-order chi connectivity index (χ1) is 11.9. The van der Waals surface area contributed by atoms with E-state index in [1.54, 1.807) is 0 Å². The van der Waals surface area contributed by atoms with Gasteiger partial charge in [0.25, 0.3) is 0 Å². The van der Waals surface area contributed by atoms with E-state index < -0.39 is 10.0 Å². The lowest BCUT2D eigenvalue weighted by Crippen LogP contribution is -2.28. The van der Waals surface area contributed by atoms with E-state index in [0.29, 0.717) is 17.4 Å². The molecule has 1 aromatic heterocycles. The van der Waals surface area contributed by atoms with Crippen LogP contribution in [0.3, 0.4) is 0 Å². The summed E-state index contributed by atoms with van der Waals surface area (Å²) in [6, 6.07) is 4.13. The summed E-state index contributed by atoms with van der Waals surface area (Å²) in [5.41, 5.74) is 3.10. The number of nitrogens with one attached hydrogen (secondary N) is 1. The molecule has 0 aliphatic heterocycles. The fourth-order valence-corrected chi connectivity index (χ4v) is 5.91. The number of hydrogen-bond donors (Lipinski definition) is 1. The SMILES string of the molecule is CC(C)CNS(=O)(=O)c1c2c(cc3cnc(C4CC4)cc13)C(Br)CC2. The van der Waals surface area contributed by atoms with Crippen molar-refractivity contribution in [2.45, 2.75) is 55.2 Å². The fraction of sp³-hybridized carbons (Fsp3) is 0.526. The number of fused-ring (bicyclic) bond motifs is 2. The van der Waals surface area contributed by atoms with Crippen molar-refractivity contribution in [3.05, 3.63) is 35.2 Å². The molecule has 0 spiro atoms. The van der Waals surface area contributed by atoms with Crippen molar-refractivity contribution in [3.63, 3.8) is 0 Å². The van der Waals surface area contributed by atoms with Crippen LogP contribution in [0.15, 0.2) is 23.2 Å². The third kappa shape index (κ3) is 3.24. The van der Waals surface area contributed by atoms with Crippen LogP contribution in [0.5, 0.6) is 0 Å². The molecule has 4 rings (SSSR count). The van der Waals surface area contributed by atoms with Crippen molar-refractivity contribution in [3.8, 4) is 0 Å². The Kier molecular flexibility index (Phi) is 4.41. The zero-order valence-electron chi connectivity index (χ0n) is 14.5. The van der Waals surface area contributed by atoms with Gasteiger partial charge in [0.15, 0.2) is 0 Å². The van der Waals surface area contributed by atoms with Crippen molar-refractivity contribution in [2.75, 3.05) is 6.54 Å². The molecule has 0 amide bonds. The average molecular weight is 423 g/mol. The largest absolute Gasteiger partial charge is 0.260 e. The maximum absolute atomic E-state index is 13.2. The van der Waals surface area contributed by atoms with E-state index in [9.17, 15) is 8.42 Å². The summed E-state index contributed by atoms with van der Waals surface area (Å²) in [5, 5.41) is 1.74. The van der Waals surface area contributed by atoms with Crippen LogP contribution in [0, 0.1) is 5.92 Å². The van der Waals surface area contributed by atoms with E-state index in [0.717, 1.165) is 53.3 Å². The van der Waals surface area contributed by atoms with Crippen molar-refractivity contribution in [1.29, 1.82) is 0 Å². The lowest BCUT2D eigenvalue weighted by atomic mass is 10.0. The monoisotopic (exact) mass is 422 g/mol. The first-order valence-electron chi connectivity index (χ1n) is 8.96. The van der Waals surface area contributed by atoms with E-state index in [1.807, 2.05) is 26.1 Å². The Bertz CT molecular complexity index is 936. The molecule has 1 saturated carbocycles. The number of hydrogen-bond acceptors (Lipinski definition) is 3. The highest BCUT2D eigenvalue weighted by Crippen LogP contribution is 2.45. The van der Waals surface area contributed by atoms with Gasteiger partial charge in [0.05, 0.1) is 4.90 Å². The summed E-state index contributed by atoms with van der Waals surface area (Å²) >= 11 is 3.70. The molecule has 2 aliphatic rings.